The highest BCUT2D eigenvalue weighted by Crippen LogP contribution is 2.39. The van der Waals surface area contributed by atoms with Crippen LogP contribution in [0.5, 0.6) is 11.5 Å². The zero-order valence-corrected chi connectivity index (χ0v) is 11.5. The summed E-state index contributed by atoms with van der Waals surface area (Å²) in [7, 11) is 0. The first-order valence-electron chi connectivity index (χ1n) is 6.18. The summed E-state index contributed by atoms with van der Waals surface area (Å²) in [6.07, 6.45) is -9.98. The Labute approximate surface area is 130 Å². The van der Waals surface area contributed by atoms with Gasteiger partial charge in [0.1, 0.15) is 11.5 Å². The fourth-order valence-electron chi connectivity index (χ4n) is 1.76. The predicted octanol–water partition coefficient (Wildman–Crippen LogP) is 5.42. The molecule has 128 valence electrons. The first kappa shape index (κ1) is 17.6. The van der Waals surface area contributed by atoms with Crippen molar-refractivity contribution in [3.05, 3.63) is 63.7 Å². The molecule has 0 amide bonds. The number of hydrogen-bond acceptors (Lipinski definition) is 3. The van der Waals surface area contributed by atoms with E-state index in [1.165, 1.54) is 0 Å². The van der Waals surface area contributed by atoms with Crippen LogP contribution >= 0.6 is 0 Å². The third kappa shape index (κ3) is 4.15. The molecule has 0 atom stereocenters. The molecule has 0 bridgehead atoms. The molecule has 0 saturated carbocycles. The van der Waals surface area contributed by atoms with Crippen LogP contribution in [0.4, 0.5) is 32.0 Å². The van der Waals surface area contributed by atoms with Crippen LogP contribution in [-0.4, -0.2) is 4.92 Å². The summed E-state index contributed by atoms with van der Waals surface area (Å²) in [4.78, 5) is 9.78. The third-order valence-electron chi connectivity index (χ3n) is 2.84. The van der Waals surface area contributed by atoms with Crippen molar-refractivity contribution < 1.29 is 36.0 Å². The van der Waals surface area contributed by atoms with E-state index < -0.39 is 34.2 Å². The van der Waals surface area contributed by atoms with Crippen molar-refractivity contribution in [1.82, 2.24) is 0 Å². The van der Waals surface area contributed by atoms with Crippen molar-refractivity contribution in [3.8, 4) is 11.5 Å². The maximum absolute atomic E-state index is 12.7. The van der Waals surface area contributed by atoms with Crippen molar-refractivity contribution in [2.45, 2.75) is 12.4 Å². The predicted molar refractivity (Wildman–Crippen MR) is 69.6 cm³/mol. The second-order valence-corrected chi connectivity index (χ2v) is 4.59. The van der Waals surface area contributed by atoms with E-state index in [1.807, 2.05) is 0 Å². The summed E-state index contributed by atoms with van der Waals surface area (Å²) in [5.74, 6) is -0.834. The lowest BCUT2D eigenvalue weighted by Gasteiger charge is -2.14. The number of nitro benzene ring substituents is 1. The van der Waals surface area contributed by atoms with Gasteiger partial charge in [-0.1, -0.05) is 0 Å². The molecule has 10 heteroatoms. The minimum atomic E-state index is -4.99. The van der Waals surface area contributed by atoms with Gasteiger partial charge in [-0.3, -0.25) is 10.1 Å². The van der Waals surface area contributed by atoms with Crippen LogP contribution in [0.15, 0.2) is 42.5 Å². The van der Waals surface area contributed by atoms with Crippen LogP contribution < -0.4 is 4.74 Å². The maximum Gasteiger partial charge on any atom is 0.416 e. The highest BCUT2D eigenvalue weighted by molar-refractivity contribution is 5.42. The lowest BCUT2D eigenvalue weighted by Crippen LogP contribution is -2.11. The molecular weight excluding hydrogens is 344 g/mol. The Morgan fingerprint density at radius 3 is 1.62 bits per heavy atom. The van der Waals surface area contributed by atoms with E-state index in [4.69, 9.17) is 4.74 Å². The van der Waals surface area contributed by atoms with Gasteiger partial charge in [0, 0.05) is 12.1 Å². The second kappa shape index (κ2) is 6.02. The zero-order chi connectivity index (χ0) is 18.1. The van der Waals surface area contributed by atoms with Crippen LogP contribution in [0, 0.1) is 10.1 Å². The van der Waals surface area contributed by atoms with Crippen molar-refractivity contribution in [2.75, 3.05) is 0 Å². The van der Waals surface area contributed by atoms with Gasteiger partial charge in [0.2, 0.25) is 0 Å². The van der Waals surface area contributed by atoms with E-state index in [2.05, 4.69) is 0 Å². The summed E-state index contributed by atoms with van der Waals surface area (Å²) < 4.78 is 81.3. The number of ether oxygens (including phenoxy) is 1. The van der Waals surface area contributed by atoms with E-state index in [-0.39, 0.29) is 17.5 Å². The number of nitro groups is 1. The number of halogens is 6. The molecule has 0 heterocycles. The normalized spacial score (nSPS) is 12.1. The lowest BCUT2D eigenvalue weighted by molar-refractivity contribution is -0.384. The van der Waals surface area contributed by atoms with Crippen molar-refractivity contribution in [3.63, 3.8) is 0 Å². The molecule has 2 aromatic carbocycles. The van der Waals surface area contributed by atoms with E-state index >= 15 is 0 Å². The third-order valence-corrected chi connectivity index (χ3v) is 2.84. The van der Waals surface area contributed by atoms with E-state index in [1.54, 1.807) is 0 Å². The molecular formula is C14H7F6NO3. The molecule has 0 aliphatic heterocycles. The van der Waals surface area contributed by atoms with Gasteiger partial charge in [-0.2, -0.15) is 26.3 Å². The molecule has 0 N–H and O–H groups in total. The van der Waals surface area contributed by atoms with Gasteiger partial charge in [0.25, 0.3) is 5.69 Å². The molecule has 0 spiro atoms. The Bertz CT molecular complexity index is 720. The Hall–Kier alpha value is -2.78. The standard InChI is InChI=1S/C14H7F6NO3/c15-13(16,17)8-5-9(14(18,19)20)7-12(6-8)24-11-3-1-10(2-4-11)21(22)23/h1-7H. The van der Waals surface area contributed by atoms with E-state index in [0.717, 1.165) is 24.3 Å². The molecule has 2 rings (SSSR count). The smallest absolute Gasteiger partial charge is 0.416 e. The summed E-state index contributed by atoms with van der Waals surface area (Å²) in [5.41, 5.74) is -3.34. The SMILES string of the molecule is O=[N+]([O-])c1ccc(Oc2cc(C(F)(F)F)cc(C(F)(F)F)c2)cc1. The summed E-state index contributed by atoms with van der Waals surface area (Å²) >= 11 is 0. The zero-order valence-electron chi connectivity index (χ0n) is 11.5. The molecule has 0 radical (unpaired) electrons. The van der Waals surface area contributed by atoms with Crippen LogP contribution in [0.3, 0.4) is 0 Å². The summed E-state index contributed by atoms with van der Waals surface area (Å²) in [5, 5.41) is 10.5. The van der Waals surface area contributed by atoms with Crippen molar-refractivity contribution in [1.29, 1.82) is 0 Å². The highest BCUT2D eigenvalue weighted by atomic mass is 19.4. The second-order valence-electron chi connectivity index (χ2n) is 4.59. The highest BCUT2D eigenvalue weighted by Gasteiger charge is 2.37. The minimum Gasteiger partial charge on any atom is -0.457 e. The largest absolute Gasteiger partial charge is 0.457 e. The number of nitrogens with zero attached hydrogens (tertiary/aromatic N) is 1. The van der Waals surface area contributed by atoms with E-state index in [0.29, 0.717) is 12.1 Å². The molecule has 0 aromatic heterocycles. The topological polar surface area (TPSA) is 52.4 Å². The molecule has 0 aliphatic rings. The average Bonchev–Trinajstić information content (AvgIpc) is 2.45. The Balaban J connectivity index is 2.40. The number of rotatable bonds is 3. The van der Waals surface area contributed by atoms with E-state index in [9.17, 15) is 36.5 Å². The maximum atomic E-state index is 12.7. The fraction of sp³-hybridized carbons (Fsp3) is 0.143. The molecule has 0 saturated heterocycles. The van der Waals surface area contributed by atoms with Gasteiger partial charge in [-0.15, -0.1) is 0 Å². The molecule has 2 aromatic rings. The first-order chi connectivity index (χ1) is 11.0. The quantitative estimate of drug-likeness (QED) is 0.421. The van der Waals surface area contributed by atoms with Gasteiger partial charge >= 0.3 is 12.4 Å². The van der Waals surface area contributed by atoms with Gasteiger partial charge in [0.15, 0.2) is 0 Å². The molecule has 0 unspecified atom stereocenters. The minimum absolute atomic E-state index is 0.0251. The van der Waals surface area contributed by atoms with Gasteiger partial charge in [-0.25, -0.2) is 0 Å². The summed E-state index contributed by atoms with van der Waals surface area (Å²) in [6.45, 7) is 0. The van der Waals surface area contributed by atoms with Crippen molar-refractivity contribution >= 4 is 5.69 Å². The van der Waals surface area contributed by atoms with Crippen LogP contribution in [0.25, 0.3) is 0 Å². The van der Waals surface area contributed by atoms with Crippen molar-refractivity contribution in [2.24, 2.45) is 0 Å². The molecule has 0 aliphatic carbocycles. The number of non-ortho nitro benzene ring substituents is 1. The Morgan fingerprint density at radius 1 is 0.792 bits per heavy atom. The lowest BCUT2D eigenvalue weighted by atomic mass is 10.1. The van der Waals surface area contributed by atoms with Gasteiger partial charge in [-0.05, 0) is 30.3 Å². The number of hydrogen-bond donors (Lipinski definition) is 0. The molecule has 0 fully saturated rings. The van der Waals surface area contributed by atoms with Crippen LogP contribution in [0.2, 0.25) is 0 Å². The number of benzene rings is 2. The molecule has 24 heavy (non-hydrogen) atoms. The van der Waals surface area contributed by atoms with Gasteiger partial charge < -0.3 is 4.74 Å². The van der Waals surface area contributed by atoms with Gasteiger partial charge in [0.05, 0.1) is 16.1 Å². The summed E-state index contributed by atoms with van der Waals surface area (Å²) in [6, 6.07) is 4.94. The Morgan fingerprint density at radius 2 is 1.25 bits per heavy atom. The average molecular weight is 351 g/mol. The fourth-order valence-corrected chi connectivity index (χ4v) is 1.76. The monoisotopic (exact) mass is 351 g/mol. The Kier molecular flexibility index (Phi) is 4.41. The molecule has 4 nitrogen and oxygen atoms in total. The first-order valence-corrected chi connectivity index (χ1v) is 6.18. The van der Waals surface area contributed by atoms with Crippen LogP contribution in [0.1, 0.15) is 11.1 Å². The van der Waals surface area contributed by atoms with Crippen LogP contribution in [-0.2, 0) is 12.4 Å². The number of alkyl halides is 6.